The molecule has 0 unspecified atom stereocenters. The lowest BCUT2D eigenvalue weighted by molar-refractivity contribution is -0.274. The molecule has 8 nitrogen and oxygen atoms in total. The number of nitrogens with zero attached hydrogens (tertiary/aromatic N) is 2. The first-order chi connectivity index (χ1) is 17.7. The summed E-state index contributed by atoms with van der Waals surface area (Å²) in [7, 11) is 0. The van der Waals surface area contributed by atoms with Gasteiger partial charge in [-0.05, 0) is 80.8 Å². The number of ether oxygens (including phenoxy) is 1. The van der Waals surface area contributed by atoms with E-state index in [0.29, 0.717) is 34.5 Å². The van der Waals surface area contributed by atoms with Crippen LogP contribution in [0.5, 0.6) is 11.5 Å². The molecule has 1 aliphatic rings. The number of hydrogen-bond donors (Lipinski definition) is 3. The number of aromatic hydroxyl groups is 1. The molecule has 1 atom stereocenters. The number of amides is 2. The Morgan fingerprint density at radius 1 is 1.11 bits per heavy atom. The zero-order valence-corrected chi connectivity index (χ0v) is 21.0. The van der Waals surface area contributed by atoms with Crippen LogP contribution in [-0.4, -0.2) is 56.7 Å². The van der Waals surface area contributed by atoms with Gasteiger partial charge in [0.15, 0.2) is 0 Å². The monoisotopic (exact) mass is 531 g/mol. The smallest absolute Gasteiger partial charge is 0.508 e. The molecule has 4 rings (SSSR count). The van der Waals surface area contributed by atoms with E-state index < -0.39 is 23.7 Å². The van der Waals surface area contributed by atoms with Crippen molar-refractivity contribution in [3.05, 3.63) is 60.3 Å². The molecule has 0 radical (unpaired) electrons. The first-order valence-electron chi connectivity index (χ1n) is 11.9. The summed E-state index contributed by atoms with van der Waals surface area (Å²) < 4.78 is 44.6. The number of carbonyl (C=O) groups excluding carboxylic acids is 1. The van der Waals surface area contributed by atoms with Crippen molar-refractivity contribution in [2.45, 2.75) is 45.1 Å². The first kappa shape index (κ1) is 26.9. The average Bonchev–Trinajstić information content (AvgIpc) is 3.21. The molecule has 3 aromatic rings. The molecule has 0 aliphatic carbocycles. The van der Waals surface area contributed by atoms with Crippen molar-refractivity contribution in [1.29, 1.82) is 0 Å². The Balaban J connectivity index is 1.85. The molecule has 0 saturated heterocycles. The van der Waals surface area contributed by atoms with E-state index in [1.54, 1.807) is 49.6 Å². The van der Waals surface area contributed by atoms with Gasteiger partial charge in [0, 0.05) is 24.2 Å². The van der Waals surface area contributed by atoms with Crippen LogP contribution in [0.4, 0.5) is 18.0 Å². The van der Waals surface area contributed by atoms with E-state index in [9.17, 15) is 33.0 Å². The number of carbonyl (C=O) groups is 2. The number of aromatic nitrogens is 1. The quantitative estimate of drug-likeness (QED) is 0.369. The van der Waals surface area contributed by atoms with Crippen molar-refractivity contribution < 1.29 is 37.7 Å². The van der Waals surface area contributed by atoms with Crippen molar-refractivity contribution in [2.24, 2.45) is 0 Å². The van der Waals surface area contributed by atoms with Gasteiger partial charge in [0.05, 0.1) is 11.7 Å². The van der Waals surface area contributed by atoms with Gasteiger partial charge in [-0.25, -0.2) is 4.79 Å². The molecule has 1 aromatic heterocycles. The van der Waals surface area contributed by atoms with Crippen LogP contribution in [0.2, 0.25) is 0 Å². The number of nitrogens with one attached hydrogen (secondary N) is 1. The normalized spacial score (nSPS) is 15.5. The van der Waals surface area contributed by atoms with E-state index >= 15 is 0 Å². The summed E-state index contributed by atoms with van der Waals surface area (Å²) in [6.45, 7) is 5.80. The lowest BCUT2D eigenvalue weighted by atomic mass is 10.00. The number of halogens is 3. The van der Waals surface area contributed by atoms with E-state index in [1.165, 1.54) is 35.2 Å². The van der Waals surface area contributed by atoms with Crippen molar-refractivity contribution in [3.63, 3.8) is 0 Å². The maximum Gasteiger partial charge on any atom is 0.573 e. The molecule has 2 heterocycles. The second-order valence-corrected chi connectivity index (χ2v) is 10.0. The van der Waals surface area contributed by atoms with Crippen LogP contribution < -0.4 is 10.1 Å². The first-order valence-corrected chi connectivity index (χ1v) is 11.9. The van der Waals surface area contributed by atoms with Gasteiger partial charge >= 0.3 is 12.5 Å². The molecule has 0 bridgehead atoms. The molecule has 2 amide bonds. The van der Waals surface area contributed by atoms with Gasteiger partial charge < -0.3 is 29.7 Å². The van der Waals surface area contributed by atoms with E-state index in [-0.39, 0.29) is 30.8 Å². The highest BCUT2D eigenvalue weighted by atomic mass is 19.4. The Kier molecular flexibility index (Phi) is 7.05. The largest absolute Gasteiger partial charge is 0.573 e. The molecule has 3 N–H and O–H groups in total. The number of hydrogen-bond acceptors (Lipinski definition) is 4. The second-order valence-electron chi connectivity index (χ2n) is 10.0. The third kappa shape index (κ3) is 5.71. The topological polar surface area (TPSA) is 104 Å². The zero-order valence-electron chi connectivity index (χ0n) is 21.0. The van der Waals surface area contributed by atoms with Gasteiger partial charge in [-0.3, -0.25) is 4.79 Å². The summed E-state index contributed by atoms with van der Waals surface area (Å²) >= 11 is 0. The highest BCUT2D eigenvalue weighted by Gasteiger charge is 2.34. The van der Waals surface area contributed by atoms with Crippen molar-refractivity contribution >= 4 is 12.0 Å². The van der Waals surface area contributed by atoms with Gasteiger partial charge in [-0.2, -0.15) is 0 Å². The number of benzene rings is 2. The minimum absolute atomic E-state index is 0.0258. The number of carboxylic acid groups (broad SMARTS) is 1. The third-order valence-electron chi connectivity index (χ3n) is 6.38. The van der Waals surface area contributed by atoms with Crippen molar-refractivity contribution in [1.82, 2.24) is 14.8 Å². The Morgan fingerprint density at radius 3 is 2.39 bits per heavy atom. The second kappa shape index (κ2) is 9.96. The summed E-state index contributed by atoms with van der Waals surface area (Å²) in [5.41, 5.74) is 1.71. The average molecular weight is 532 g/mol. The van der Waals surface area contributed by atoms with Crippen LogP contribution in [-0.2, 0) is 0 Å². The Bertz CT molecular complexity index is 1340. The summed E-state index contributed by atoms with van der Waals surface area (Å²) in [4.78, 5) is 26.1. The van der Waals surface area contributed by atoms with E-state index in [2.05, 4.69) is 10.1 Å². The minimum Gasteiger partial charge on any atom is -0.508 e. The highest BCUT2D eigenvalue weighted by molar-refractivity contribution is 5.98. The van der Waals surface area contributed by atoms with Crippen LogP contribution in [0.3, 0.4) is 0 Å². The van der Waals surface area contributed by atoms with E-state index in [1.807, 2.05) is 0 Å². The zero-order chi connectivity index (χ0) is 27.8. The summed E-state index contributed by atoms with van der Waals surface area (Å²) in [6.07, 6.45) is -5.56. The third-order valence-corrected chi connectivity index (χ3v) is 6.38. The van der Waals surface area contributed by atoms with Gasteiger partial charge in [-0.15, -0.1) is 13.2 Å². The van der Waals surface area contributed by atoms with Gasteiger partial charge in [0.2, 0.25) is 0 Å². The molecule has 0 fully saturated rings. The molecule has 0 spiro atoms. The lowest BCUT2D eigenvalue weighted by Crippen LogP contribution is -2.47. The van der Waals surface area contributed by atoms with Crippen LogP contribution in [0.1, 0.15) is 43.7 Å². The maximum absolute atomic E-state index is 12.9. The van der Waals surface area contributed by atoms with Crippen LogP contribution >= 0.6 is 0 Å². The van der Waals surface area contributed by atoms with E-state index in [0.717, 1.165) is 0 Å². The number of rotatable bonds is 6. The Labute approximate surface area is 217 Å². The molecule has 1 aliphatic heterocycles. The minimum atomic E-state index is -4.87. The molecule has 38 heavy (non-hydrogen) atoms. The van der Waals surface area contributed by atoms with Gasteiger partial charge in [0.1, 0.15) is 17.2 Å². The van der Waals surface area contributed by atoms with Crippen molar-refractivity contribution in [3.8, 4) is 33.9 Å². The molecule has 2 aromatic carbocycles. The number of phenols is 1. The van der Waals surface area contributed by atoms with Crippen molar-refractivity contribution in [2.75, 3.05) is 13.1 Å². The van der Waals surface area contributed by atoms with Crippen LogP contribution in [0.15, 0.2) is 54.6 Å². The molecule has 11 heteroatoms. The highest BCUT2D eigenvalue weighted by Crippen LogP contribution is 2.41. The molecular weight excluding hydrogens is 503 g/mol. The number of alkyl halides is 3. The summed E-state index contributed by atoms with van der Waals surface area (Å²) in [6, 6.07) is 13.0. The standard InChI is InChI=1S/C27H28F3N3O5/c1-26(2,3)32(25(36)37)12-11-18-15-31-24(35)22-14-21(17-5-4-6-20(13-17)38-27(28,29)30)23(33(18)22)16-7-9-19(34)10-8-16/h4-10,13-14,18,34H,11-12,15H2,1-3H3,(H,31,35)(H,36,37)/t18-/m0/s1. The van der Waals surface area contributed by atoms with Gasteiger partial charge in [0.25, 0.3) is 5.91 Å². The fourth-order valence-corrected chi connectivity index (χ4v) is 4.69. The Hall–Kier alpha value is -4.15. The van der Waals surface area contributed by atoms with Crippen LogP contribution in [0.25, 0.3) is 22.4 Å². The van der Waals surface area contributed by atoms with E-state index in [4.69, 9.17) is 0 Å². The predicted molar refractivity (Wildman–Crippen MR) is 134 cm³/mol. The number of fused-ring (bicyclic) bond motifs is 1. The Morgan fingerprint density at radius 2 is 1.79 bits per heavy atom. The summed E-state index contributed by atoms with van der Waals surface area (Å²) in [5, 5.41) is 22.4. The van der Waals surface area contributed by atoms with Crippen LogP contribution in [0, 0.1) is 0 Å². The SMILES string of the molecule is CC(C)(C)N(CC[C@H]1CNC(=O)c2cc(-c3cccc(OC(F)(F)F)c3)c(-c3ccc(O)cc3)n21)C(=O)O. The number of phenolic OH excluding ortho intramolecular Hbond substituents is 1. The summed E-state index contributed by atoms with van der Waals surface area (Å²) in [5.74, 6) is -0.738. The molecular formula is C27H28F3N3O5. The fraction of sp³-hybridized carbons (Fsp3) is 0.333. The molecule has 202 valence electrons. The predicted octanol–water partition coefficient (Wildman–Crippen LogP) is 5.88. The fourth-order valence-electron chi connectivity index (χ4n) is 4.69. The molecule has 0 saturated carbocycles. The maximum atomic E-state index is 12.9. The lowest BCUT2D eigenvalue weighted by Gasteiger charge is -2.36. The van der Waals surface area contributed by atoms with Gasteiger partial charge in [-0.1, -0.05) is 12.1 Å².